The van der Waals surface area contributed by atoms with Gasteiger partial charge in [0.1, 0.15) is 5.75 Å². The number of imide groups is 1. The van der Waals surface area contributed by atoms with E-state index >= 15 is 0 Å². The van der Waals surface area contributed by atoms with Gasteiger partial charge in [0.25, 0.3) is 0 Å². The Morgan fingerprint density at radius 1 is 0.933 bits per heavy atom. The summed E-state index contributed by atoms with van der Waals surface area (Å²) in [6.07, 6.45) is 5.45. The first-order chi connectivity index (χ1) is 14.5. The summed E-state index contributed by atoms with van der Waals surface area (Å²) in [4.78, 5) is 40.5. The van der Waals surface area contributed by atoms with Crippen molar-refractivity contribution in [1.82, 2.24) is 0 Å². The normalized spacial score (nSPS) is 32.8. The van der Waals surface area contributed by atoms with Crippen LogP contribution in [0.1, 0.15) is 22.3 Å². The van der Waals surface area contributed by atoms with E-state index in [0.717, 1.165) is 12.0 Å². The molecule has 30 heavy (non-hydrogen) atoms. The molecule has 150 valence electrons. The van der Waals surface area contributed by atoms with Gasteiger partial charge in [-0.3, -0.25) is 9.59 Å². The Bertz CT molecular complexity index is 1100. The van der Waals surface area contributed by atoms with Crippen LogP contribution in [0.2, 0.25) is 0 Å². The van der Waals surface area contributed by atoms with Gasteiger partial charge in [-0.05, 0) is 72.9 Å². The molecule has 0 aromatic heterocycles. The van der Waals surface area contributed by atoms with Gasteiger partial charge >= 0.3 is 5.97 Å². The number of aryl methyl sites for hydroxylation is 1. The van der Waals surface area contributed by atoms with Crippen LogP contribution < -0.4 is 9.64 Å². The molecule has 2 aromatic carbocycles. The van der Waals surface area contributed by atoms with Crippen molar-refractivity contribution in [3.8, 4) is 5.75 Å². The molecule has 1 heterocycles. The summed E-state index contributed by atoms with van der Waals surface area (Å²) < 4.78 is 5.47. The quantitative estimate of drug-likeness (QED) is 0.341. The van der Waals surface area contributed by atoms with Crippen LogP contribution in [-0.4, -0.2) is 17.8 Å². The minimum Gasteiger partial charge on any atom is -0.423 e. The number of nitrogens with zero attached hydrogens (tertiary/aromatic N) is 1. The first-order valence-corrected chi connectivity index (χ1v) is 10.5. The average molecular weight is 399 g/mol. The molecule has 5 nitrogen and oxygen atoms in total. The zero-order chi connectivity index (χ0) is 20.6. The summed E-state index contributed by atoms with van der Waals surface area (Å²) in [7, 11) is 0. The molecule has 1 aliphatic heterocycles. The lowest BCUT2D eigenvalue weighted by Crippen LogP contribution is -2.40. The summed E-state index contributed by atoms with van der Waals surface area (Å²) in [6, 6.07) is 13.9. The number of ether oxygens (including phenoxy) is 1. The van der Waals surface area contributed by atoms with Crippen LogP contribution in [0.3, 0.4) is 0 Å². The number of allylic oxidation sites excluding steroid dienone is 2. The van der Waals surface area contributed by atoms with Crippen LogP contribution in [0.15, 0.2) is 60.7 Å². The lowest BCUT2D eigenvalue weighted by Gasteiger charge is -2.37. The van der Waals surface area contributed by atoms with E-state index in [-0.39, 0.29) is 35.5 Å². The highest BCUT2D eigenvalue weighted by Crippen LogP contribution is 2.65. The van der Waals surface area contributed by atoms with Crippen molar-refractivity contribution in [2.45, 2.75) is 13.3 Å². The predicted molar refractivity (Wildman–Crippen MR) is 110 cm³/mol. The van der Waals surface area contributed by atoms with Gasteiger partial charge in [0.2, 0.25) is 11.8 Å². The van der Waals surface area contributed by atoms with Crippen molar-refractivity contribution in [3.63, 3.8) is 0 Å². The first-order valence-electron chi connectivity index (χ1n) is 10.5. The fourth-order valence-electron chi connectivity index (χ4n) is 5.83. The highest BCUT2D eigenvalue weighted by atomic mass is 16.5. The second kappa shape index (κ2) is 6.14. The van der Waals surface area contributed by atoms with Gasteiger partial charge in [-0.2, -0.15) is 0 Å². The number of carbonyl (C=O) groups is 3. The van der Waals surface area contributed by atoms with E-state index in [9.17, 15) is 14.4 Å². The van der Waals surface area contributed by atoms with Crippen LogP contribution in [0.4, 0.5) is 5.69 Å². The Morgan fingerprint density at radius 2 is 1.60 bits per heavy atom. The van der Waals surface area contributed by atoms with Gasteiger partial charge in [0, 0.05) is 0 Å². The van der Waals surface area contributed by atoms with Crippen molar-refractivity contribution in [2.24, 2.45) is 35.5 Å². The van der Waals surface area contributed by atoms with E-state index in [1.807, 2.05) is 19.1 Å². The molecule has 2 saturated carbocycles. The van der Waals surface area contributed by atoms with E-state index in [0.29, 0.717) is 28.8 Å². The Morgan fingerprint density at radius 3 is 2.27 bits per heavy atom. The molecule has 7 rings (SSSR count). The van der Waals surface area contributed by atoms with Crippen molar-refractivity contribution in [2.75, 3.05) is 4.90 Å². The Kier molecular flexibility index (Phi) is 3.61. The third kappa shape index (κ3) is 2.44. The van der Waals surface area contributed by atoms with Crippen LogP contribution >= 0.6 is 0 Å². The Labute approximate surface area is 174 Å². The van der Waals surface area contributed by atoms with E-state index in [1.54, 1.807) is 36.4 Å². The van der Waals surface area contributed by atoms with E-state index in [4.69, 9.17) is 4.74 Å². The van der Waals surface area contributed by atoms with Crippen LogP contribution in [0.25, 0.3) is 0 Å². The van der Waals surface area contributed by atoms with Gasteiger partial charge in [0.15, 0.2) is 0 Å². The molecule has 0 spiro atoms. The van der Waals surface area contributed by atoms with Gasteiger partial charge in [-0.1, -0.05) is 30.4 Å². The third-order valence-electron chi connectivity index (χ3n) is 7.20. The van der Waals surface area contributed by atoms with Gasteiger partial charge < -0.3 is 4.74 Å². The molecule has 1 saturated heterocycles. The zero-order valence-corrected chi connectivity index (χ0v) is 16.5. The highest BCUT2D eigenvalue weighted by Gasteiger charge is 2.67. The zero-order valence-electron chi connectivity index (χ0n) is 16.5. The summed E-state index contributed by atoms with van der Waals surface area (Å²) in [6.45, 7) is 1.92. The first kappa shape index (κ1) is 17.6. The standard InChI is InChI=1S/C25H21NO4/c1-13-4-2-7-16(10-13)30-25(29)14-5-3-6-15(11-14)26-23(27)21-17-8-9-18(20-12-19(17)20)22(21)24(26)28/h2-11,17-22H,12H2,1H3. The second-order valence-electron chi connectivity index (χ2n) is 8.92. The largest absolute Gasteiger partial charge is 0.423 e. The number of esters is 1. The second-order valence-corrected chi connectivity index (χ2v) is 8.92. The monoisotopic (exact) mass is 399 g/mol. The molecule has 2 bridgehead atoms. The van der Waals surface area contributed by atoms with Crippen LogP contribution in [-0.2, 0) is 9.59 Å². The van der Waals surface area contributed by atoms with Gasteiger partial charge in [-0.25, -0.2) is 9.69 Å². The number of rotatable bonds is 3. The number of carbonyl (C=O) groups excluding carboxylic acids is 3. The third-order valence-corrected chi connectivity index (χ3v) is 7.20. The summed E-state index contributed by atoms with van der Waals surface area (Å²) in [5.41, 5.74) is 1.76. The molecular formula is C25H21NO4. The summed E-state index contributed by atoms with van der Waals surface area (Å²) in [5, 5.41) is 0. The molecule has 5 aliphatic rings. The van der Waals surface area contributed by atoms with Gasteiger partial charge in [-0.15, -0.1) is 0 Å². The summed E-state index contributed by atoms with van der Waals surface area (Å²) in [5.74, 6) is 0.689. The van der Waals surface area contributed by atoms with Crippen molar-refractivity contribution in [3.05, 3.63) is 71.8 Å². The minimum atomic E-state index is -0.512. The van der Waals surface area contributed by atoms with Crippen LogP contribution in [0, 0.1) is 42.4 Å². The Hall–Kier alpha value is -3.21. The topological polar surface area (TPSA) is 63.7 Å². The molecule has 4 aliphatic carbocycles. The number of anilines is 1. The molecule has 0 N–H and O–H groups in total. The molecule has 5 heteroatoms. The lowest BCUT2D eigenvalue weighted by atomic mass is 9.63. The number of hydrogen-bond acceptors (Lipinski definition) is 4. The van der Waals surface area contributed by atoms with Crippen molar-refractivity contribution in [1.29, 1.82) is 0 Å². The fourth-order valence-corrected chi connectivity index (χ4v) is 5.83. The molecule has 2 amide bonds. The number of benzene rings is 2. The minimum absolute atomic E-state index is 0.126. The summed E-state index contributed by atoms with van der Waals surface area (Å²) >= 11 is 0. The number of hydrogen-bond donors (Lipinski definition) is 0. The number of amides is 2. The van der Waals surface area contributed by atoms with E-state index in [1.165, 1.54) is 4.90 Å². The van der Waals surface area contributed by atoms with E-state index in [2.05, 4.69) is 12.2 Å². The maximum Gasteiger partial charge on any atom is 0.343 e. The maximum absolute atomic E-state index is 13.3. The van der Waals surface area contributed by atoms with Gasteiger partial charge in [0.05, 0.1) is 23.1 Å². The van der Waals surface area contributed by atoms with Crippen molar-refractivity contribution >= 4 is 23.5 Å². The SMILES string of the molecule is Cc1cccc(OC(=O)c2cccc(N3C(=O)C4C5C=CC(C6CC56)C4C3=O)c2)c1. The lowest BCUT2D eigenvalue weighted by molar-refractivity contribution is -0.124. The predicted octanol–water partition coefficient (Wildman–Crippen LogP) is 3.77. The molecule has 0 radical (unpaired) electrons. The Balaban J connectivity index is 1.29. The average Bonchev–Trinajstić information content (AvgIpc) is 3.52. The molecule has 2 aromatic rings. The smallest absolute Gasteiger partial charge is 0.343 e. The highest BCUT2D eigenvalue weighted by molar-refractivity contribution is 6.23. The molecular weight excluding hydrogens is 378 g/mol. The fraction of sp³-hybridized carbons (Fsp3) is 0.320. The molecule has 6 unspecified atom stereocenters. The van der Waals surface area contributed by atoms with Crippen molar-refractivity contribution < 1.29 is 19.1 Å². The van der Waals surface area contributed by atoms with E-state index < -0.39 is 5.97 Å². The molecule has 6 atom stereocenters. The molecule has 3 fully saturated rings. The maximum atomic E-state index is 13.3. The van der Waals surface area contributed by atoms with Crippen LogP contribution in [0.5, 0.6) is 5.75 Å².